The van der Waals surface area contributed by atoms with Gasteiger partial charge in [-0.3, -0.25) is 9.78 Å². The van der Waals surface area contributed by atoms with Gasteiger partial charge in [0.25, 0.3) is 5.91 Å². The monoisotopic (exact) mass is 546 g/mol. The van der Waals surface area contributed by atoms with E-state index in [-0.39, 0.29) is 41.5 Å². The summed E-state index contributed by atoms with van der Waals surface area (Å²) in [6, 6.07) is 10.6. The van der Waals surface area contributed by atoms with Crippen LogP contribution >= 0.6 is 0 Å². The summed E-state index contributed by atoms with van der Waals surface area (Å²) in [5, 5.41) is 22.6. The summed E-state index contributed by atoms with van der Waals surface area (Å²) in [4.78, 5) is 18.9. The van der Waals surface area contributed by atoms with E-state index in [0.29, 0.717) is 23.4 Å². The second-order valence-corrected chi connectivity index (χ2v) is 10.5. The predicted molar refractivity (Wildman–Crippen MR) is 129 cm³/mol. The van der Waals surface area contributed by atoms with E-state index in [2.05, 4.69) is 15.3 Å². The van der Waals surface area contributed by atoms with Gasteiger partial charge in [-0.1, -0.05) is 12.1 Å². The number of aliphatic hydroxyl groups is 1. The van der Waals surface area contributed by atoms with Crippen molar-refractivity contribution in [2.45, 2.75) is 29.6 Å². The number of piperidine rings is 1. The zero-order chi connectivity index (χ0) is 27.7. The number of β-amino-alcohol motifs (C(OH)–C–C–N with tert-alkyl or cyclic N) is 1. The van der Waals surface area contributed by atoms with Gasteiger partial charge in [-0.15, -0.1) is 0 Å². The molecule has 1 amide bonds. The van der Waals surface area contributed by atoms with Gasteiger partial charge in [0.15, 0.2) is 0 Å². The molecule has 0 bridgehead atoms. The first-order valence-corrected chi connectivity index (χ1v) is 12.6. The molecule has 198 valence electrons. The number of alkyl halides is 3. The second-order valence-electron chi connectivity index (χ2n) is 8.52. The largest absolute Gasteiger partial charge is 0.417 e. The van der Waals surface area contributed by atoms with Gasteiger partial charge in [-0.05, 0) is 47.9 Å². The number of benzene rings is 1. The maximum atomic E-state index is 13.2. The zero-order valence-electron chi connectivity index (χ0n) is 19.6. The number of carbonyl (C=O) groups is 1. The highest BCUT2D eigenvalue weighted by Gasteiger charge is 2.36. The molecule has 0 unspecified atom stereocenters. The molecule has 1 fully saturated rings. The van der Waals surface area contributed by atoms with Crippen LogP contribution < -0.4 is 11.1 Å². The summed E-state index contributed by atoms with van der Waals surface area (Å²) < 4.78 is 66.2. The van der Waals surface area contributed by atoms with E-state index in [1.807, 2.05) is 0 Å². The van der Waals surface area contributed by atoms with E-state index in [9.17, 15) is 36.8 Å². The third-order valence-electron chi connectivity index (χ3n) is 6.04. The molecule has 1 aromatic carbocycles. The van der Waals surface area contributed by atoms with Crippen molar-refractivity contribution < 1.29 is 31.5 Å². The minimum atomic E-state index is -4.67. The van der Waals surface area contributed by atoms with E-state index >= 15 is 0 Å². The maximum absolute atomic E-state index is 13.2. The number of nitrogens with one attached hydrogen (secondary N) is 1. The molecule has 0 spiro atoms. The normalized spacial score (nSPS) is 18.5. The summed E-state index contributed by atoms with van der Waals surface area (Å²) in [5.41, 5.74) is 5.15. The van der Waals surface area contributed by atoms with E-state index in [4.69, 9.17) is 5.73 Å². The zero-order valence-corrected chi connectivity index (χ0v) is 20.4. The van der Waals surface area contributed by atoms with Crippen molar-refractivity contribution in [2.75, 3.05) is 18.4 Å². The van der Waals surface area contributed by atoms with E-state index < -0.39 is 39.8 Å². The van der Waals surface area contributed by atoms with Gasteiger partial charge in [0, 0.05) is 25.5 Å². The molecule has 38 heavy (non-hydrogen) atoms. The van der Waals surface area contributed by atoms with Gasteiger partial charge >= 0.3 is 6.18 Å². The Balaban J connectivity index is 1.46. The molecule has 14 heteroatoms. The van der Waals surface area contributed by atoms with Crippen molar-refractivity contribution in [3.63, 3.8) is 0 Å². The standard InChI is InChI=1S/C24H21F3N6O4S/c25-24(26,27)17-9-16(11-28)23(31-12-17)32-19-6-8-33(13-21(19)34)38(36,37)18-3-1-14(2-4-18)15-5-7-30-20(10-15)22(29)35/h1-5,7,9-10,12,19,21,34H,6,8,13H2,(H2,29,35)(H,31,32)/t19-,21+/m1/s1. The number of hydrogen-bond donors (Lipinski definition) is 3. The predicted octanol–water partition coefficient (Wildman–Crippen LogP) is 2.37. The van der Waals surface area contributed by atoms with Crippen molar-refractivity contribution in [1.82, 2.24) is 14.3 Å². The molecule has 3 aromatic rings. The molecule has 1 aliphatic heterocycles. The Morgan fingerprint density at radius 2 is 1.87 bits per heavy atom. The number of nitriles is 1. The van der Waals surface area contributed by atoms with Crippen LogP contribution in [0.4, 0.5) is 19.0 Å². The van der Waals surface area contributed by atoms with Crippen LogP contribution in [-0.2, 0) is 16.2 Å². The summed E-state index contributed by atoms with van der Waals surface area (Å²) in [6.07, 6.45) is -3.78. The quantitative estimate of drug-likeness (QED) is 0.424. The lowest BCUT2D eigenvalue weighted by atomic mass is 10.0. The van der Waals surface area contributed by atoms with Gasteiger partial charge < -0.3 is 16.2 Å². The number of primary amides is 1. The summed E-state index contributed by atoms with van der Waals surface area (Å²) in [5.74, 6) is -0.826. The number of amides is 1. The Kier molecular flexibility index (Phi) is 7.36. The van der Waals surface area contributed by atoms with Crippen molar-refractivity contribution in [3.8, 4) is 17.2 Å². The molecular weight excluding hydrogens is 525 g/mol. The highest BCUT2D eigenvalue weighted by molar-refractivity contribution is 7.89. The number of halogens is 3. The van der Waals surface area contributed by atoms with E-state index in [1.165, 1.54) is 24.4 Å². The first-order valence-electron chi connectivity index (χ1n) is 11.2. The Bertz CT molecular complexity index is 1510. The highest BCUT2D eigenvalue weighted by Crippen LogP contribution is 2.31. The van der Waals surface area contributed by atoms with Crippen molar-refractivity contribution in [2.24, 2.45) is 5.73 Å². The topological polar surface area (TPSA) is 162 Å². The van der Waals surface area contributed by atoms with Crippen LogP contribution in [0.5, 0.6) is 0 Å². The van der Waals surface area contributed by atoms with Gasteiger partial charge in [0.2, 0.25) is 10.0 Å². The Morgan fingerprint density at radius 1 is 1.16 bits per heavy atom. The third-order valence-corrected chi connectivity index (χ3v) is 7.92. The molecule has 2 atom stereocenters. The number of hydrogen-bond acceptors (Lipinski definition) is 8. The number of sulfonamides is 1. The fraction of sp³-hybridized carbons (Fsp3) is 0.250. The van der Waals surface area contributed by atoms with Crippen molar-refractivity contribution in [3.05, 3.63) is 71.7 Å². The van der Waals surface area contributed by atoms with Crippen LogP contribution in [0.2, 0.25) is 0 Å². The lowest BCUT2D eigenvalue weighted by Gasteiger charge is -2.35. The van der Waals surface area contributed by atoms with Gasteiger partial charge in [-0.2, -0.15) is 22.7 Å². The summed E-state index contributed by atoms with van der Waals surface area (Å²) in [6.45, 7) is -0.274. The van der Waals surface area contributed by atoms with Crippen LogP contribution in [0.1, 0.15) is 28.0 Å². The number of pyridine rings is 2. The number of anilines is 1. The molecule has 0 radical (unpaired) electrons. The smallest absolute Gasteiger partial charge is 0.390 e. The molecule has 4 rings (SSSR count). The fourth-order valence-electron chi connectivity index (χ4n) is 4.00. The third kappa shape index (κ3) is 5.59. The number of aromatic nitrogens is 2. The number of carbonyl (C=O) groups excluding carboxylic acids is 1. The maximum Gasteiger partial charge on any atom is 0.417 e. The first kappa shape index (κ1) is 27.0. The molecular formula is C24H21F3N6O4S. The second kappa shape index (κ2) is 10.4. The number of aliphatic hydroxyl groups excluding tert-OH is 1. The van der Waals surface area contributed by atoms with E-state index in [0.717, 1.165) is 4.31 Å². The SMILES string of the molecule is N#Cc1cc(C(F)(F)F)cnc1N[C@@H]1CCN(S(=O)(=O)c2ccc(-c3ccnc(C(N)=O)c3)cc2)C[C@@H]1O. The minimum Gasteiger partial charge on any atom is -0.390 e. The Hall–Kier alpha value is -4.06. The minimum absolute atomic E-state index is 0.00760. The molecule has 3 heterocycles. The highest BCUT2D eigenvalue weighted by atomic mass is 32.2. The molecule has 0 saturated carbocycles. The lowest BCUT2D eigenvalue weighted by Crippen LogP contribution is -2.51. The van der Waals surface area contributed by atoms with E-state index in [1.54, 1.807) is 24.3 Å². The Labute approximate surface area is 215 Å². The van der Waals surface area contributed by atoms with Gasteiger partial charge in [0.1, 0.15) is 17.6 Å². The summed E-state index contributed by atoms with van der Waals surface area (Å²) >= 11 is 0. The van der Waals surface area contributed by atoms with Crippen LogP contribution in [0.15, 0.2) is 59.8 Å². The molecule has 0 aliphatic carbocycles. The number of rotatable bonds is 6. The number of nitrogens with two attached hydrogens (primary N) is 1. The first-order chi connectivity index (χ1) is 17.9. The molecule has 4 N–H and O–H groups in total. The average Bonchev–Trinajstić information content (AvgIpc) is 2.89. The molecule has 1 aliphatic rings. The Morgan fingerprint density at radius 3 is 2.47 bits per heavy atom. The summed E-state index contributed by atoms with van der Waals surface area (Å²) in [7, 11) is -3.98. The van der Waals surface area contributed by atoms with Crippen molar-refractivity contribution >= 4 is 21.7 Å². The number of nitrogens with zero attached hydrogens (tertiary/aromatic N) is 4. The molecule has 1 saturated heterocycles. The lowest BCUT2D eigenvalue weighted by molar-refractivity contribution is -0.137. The molecule has 2 aromatic heterocycles. The van der Waals surface area contributed by atoms with Crippen LogP contribution in [0.3, 0.4) is 0 Å². The van der Waals surface area contributed by atoms with Gasteiger partial charge in [0.05, 0.1) is 28.2 Å². The van der Waals surface area contributed by atoms with Gasteiger partial charge in [-0.25, -0.2) is 13.4 Å². The van der Waals surface area contributed by atoms with Crippen LogP contribution in [0, 0.1) is 11.3 Å². The van der Waals surface area contributed by atoms with Crippen LogP contribution in [0.25, 0.3) is 11.1 Å². The average molecular weight is 547 g/mol. The van der Waals surface area contributed by atoms with Crippen molar-refractivity contribution in [1.29, 1.82) is 5.26 Å². The van der Waals surface area contributed by atoms with Crippen LogP contribution in [-0.4, -0.2) is 58.9 Å². The molecule has 10 nitrogen and oxygen atoms in total. The fourth-order valence-corrected chi connectivity index (χ4v) is 5.47.